The highest BCUT2D eigenvalue weighted by molar-refractivity contribution is 6.32. The molecule has 4 nitrogen and oxygen atoms in total. The minimum absolute atomic E-state index is 0.436. The van der Waals surface area contributed by atoms with Crippen molar-refractivity contribution in [2.45, 2.75) is 0 Å². The number of para-hydroxylation sites is 2. The van der Waals surface area contributed by atoms with E-state index in [1.165, 1.54) is 0 Å². The van der Waals surface area contributed by atoms with E-state index >= 15 is 0 Å². The molecule has 2 aromatic carbocycles. The summed E-state index contributed by atoms with van der Waals surface area (Å²) in [5.74, 6) is 0.654. The monoisotopic (exact) mass is 287 g/mol. The number of ether oxygens (including phenoxy) is 1. The molecule has 0 aliphatic carbocycles. The summed E-state index contributed by atoms with van der Waals surface area (Å²) in [6, 6.07) is 14.7. The average molecular weight is 288 g/mol. The molecule has 0 spiro atoms. The fourth-order valence-electron chi connectivity index (χ4n) is 1.74. The van der Waals surface area contributed by atoms with E-state index in [4.69, 9.17) is 27.3 Å². The van der Waals surface area contributed by atoms with Gasteiger partial charge in [0.2, 0.25) is 0 Å². The van der Waals surface area contributed by atoms with Crippen LogP contribution in [0.25, 0.3) is 0 Å². The van der Waals surface area contributed by atoms with Gasteiger partial charge in [-0.3, -0.25) is 0 Å². The van der Waals surface area contributed by atoms with Crippen molar-refractivity contribution < 1.29 is 4.74 Å². The first-order chi connectivity index (χ1) is 9.72. The minimum atomic E-state index is 0.436. The second kappa shape index (κ2) is 6.69. The third kappa shape index (κ3) is 3.34. The minimum Gasteiger partial charge on any atom is -0.490 e. The van der Waals surface area contributed by atoms with E-state index in [2.05, 4.69) is 11.4 Å². The molecule has 0 radical (unpaired) electrons. The van der Waals surface area contributed by atoms with Crippen LogP contribution in [0.5, 0.6) is 5.75 Å². The number of nitrogen functional groups attached to an aromatic ring is 1. The fourth-order valence-corrected chi connectivity index (χ4v) is 1.96. The Bertz CT molecular complexity index is 637. The topological polar surface area (TPSA) is 71.1 Å². The number of anilines is 2. The lowest BCUT2D eigenvalue weighted by Gasteiger charge is -2.11. The van der Waals surface area contributed by atoms with Gasteiger partial charge >= 0.3 is 0 Å². The van der Waals surface area contributed by atoms with Gasteiger partial charge in [-0.05, 0) is 24.3 Å². The number of nitrogens with one attached hydrogen (secondary N) is 1. The summed E-state index contributed by atoms with van der Waals surface area (Å²) in [6.45, 7) is 0.981. The van der Waals surface area contributed by atoms with Crippen LogP contribution in [0.4, 0.5) is 11.4 Å². The first kappa shape index (κ1) is 14.0. The Balaban J connectivity index is 1.90. The Morgan fingerprint density at radius 2 is 2.00 bits per heavy atom. The lowest BCUT2D eigenvalue weighted by atomic mass is 10.2. The smallest absolute Gasteiger partial charge is 0.142 e. The molecular formula is C15H14ClN3O. The lowest BCUT2D eigenvalue weighted by Crippen LogP contribution is -2.13. The summed E-state index contributed by atoms with van der Waals surface area (Å²) >= 11 is 5.95. The summed E-state index contributed by atoms with van der Waals surface area (Å²) in [6.07, 6.45) is 0. The molecule has 0 unspecified atom stereocenters. The predicted octanol–water partition coefficient (Wildman–Crippen LogP) is 3.28. The van der Waals surface area contributed by atoms with Crippen LogP contribution in [-0.4, -0.2) is 13.2 Å². The van der Waals surface area contributed by atoms with E-state index in [9.17, 15) is 0 Å². The van der Waals surface area contributed by atoms with Crippen molar-refractivity contribution >= 4 is 23.0 Å². The van der Waals surface area contributed by atoms with Crippen LogP contribution in [0.15, 0.2) is 42.5 Å². The van der Waals surface area contributed by atoms with Crippen molar-refractivity contribution in [1.29, 1.82) is 5.26 Å². The van der Waals surface area contributed by atoms with Gasteiger partial charge in [-0.15, -0.1) is 0 Å². The van der Waals surface area contributed by atoms with Crippen molar-refractivity contribution in [3.8, 4) is 11.8 Å². The summed E-state index contributed by atoms with van der Waals surface area (Å²) < 4.78 is 5.56. The number of benzene rings is 2. The van der Waals surface area contributed by atoms with E-state index in [0.717, 1.165) is 0 Å². The number of nitriles is 1. The van der Waals surface area contributed by atoms with Crippen LogP contribution in [0.2, 0.25) is 5.02 Å². The molecule has 20 heavy (non-hydrogen) atoms. The molecule has 0 amide bonds. The zero-order chi connectivity index (χ0) is 14.4. The molecule has 0 aliphatic rings. The Hall–Kier alpha value is -2.38. The number of nitrogens with two attached hydrogens (primary N) is 1. The Kier molecular flexibility index (Phi) is 4.70. The van der Waals surface area contributed by atoms with Crippen molar-refractivity contribution in [1.82, 2.24) is 0 Å². The second-order valence-corrected chi connectivity index (χ2v) is 4.49. The van der Waals surface area contributed by atoms with Gasteiger partial charge in [0.1, 0.15) is 18.4 Å². The predicted molar refractivity (Wildman–Crippen MR) is 81.0 cm³/mol. The molecule has 2 aromatic rings. The molecule has 0 heterocycles. The van der Waals surface area contributed by atoms with Gasteiger partial charge in [0.05, 0.1) is 22.0 Å². The van der Waals surface area contributed by atoms with Crippen LogP contribution >= 0.6 is 11.6 Å². The van der Waals surface area contributed by atoms with E-state index < -0.39 is 0 Å². The molecule has 0 atom stereocenters. The molecule has 0 bridgehead atoms. The zero-order valence-electron chi connectivity index (χ0n) is 10.8. The normalized spacial score (nSPS) is 9.80. The van der Waals surface area contributed by atoms with Crippen LogP contribution in [0, 0.1) is 11.3 Å². The maximum Gasteiger partial charge on any atom is 0.142 e. The SMILES string of the molecule is N#Cc1c(Cl)cccc1NCCOc1ccccc1N. The van der Waals surface area contributed by atoms with E-state index in [1.54, 1.807) is 24.3 Å². The standard InChI is InChI=1S/C15H14ClN3O/c16-12-4-3-6-14(11(12)10-17)19-8-9-20-15-7-2-1-5-13(15)18/h1-7,19H,8-9,18H2. The number of rotatable bonds is 5. The number of halogens is 1. The molecule has 3 N–H and O–H groups in total. The van der Waals surface area contributed by atoms with E-state index in [1.807, 2.05) is 18.2 Å². The highest BCUT2D eigenvalue weighted by Crippen LogP contribution is 2.23. The summed E-state index contributed by atoms with van der Waals surface area (Å²) in [5, 5.41) is 12.6. The first-order valence-corrected chi connectivity index (χ1v) is 6.50. The molecule has 0 fully saturated rings. The van der Waals surface area contributed by atoms with Crippen molar-refractivity contribution in [2.75, 3.05) is 24.2 Å². The largest absolute Gasteiger partial charge is 0.490 e. The molecule has 0 aromatic heterocycles. The van der Waals surface area contributed by atoms with Gasteiger partial charge in [0.15, 0.2) is 0 Å². The highest BCUT2D eigenvalue weighted by atomic mass is 35.5. The summed E-state index contributed by atoms with van der Waals surface area (Å²) in [7, 11) is 0. The quantitative estimate of drug-likeness (QED) is 0.654. The zero-order valence-corrected chi connectivity index (χ0v) is 11.5. The molecule has 5 heteroatoms. The second-order valence-electron chi connectivity index (χ2n) is 4.09. The van der Waals surface area contributed by atoms with Crippen LogP contribution in [-0.2, 0) is 0 Å². The number of nitrogens with zero attached hydrogens (tertiary/aromatic N) is 1. The maximum atomic E-state index is 9.05. The van der Waals surface area contributed by atoms with Crippen molar-refractivity contribution in [3.63, 3.8) is 0 Å². The van der Waals surface area contributed by atoms with Gasteiger partial charge in [-0.2, -0.15) is 5.26 Å². The van der Waals surface area contributed by atoms with Gasteiger partial charge in [0.25, 0.3) is 0 Å². The molecule has 2 rings (SSSR count). The highest BCUT2D eigenvalue weighted by Gasteiger charge is 2.05. The molecule has 102 valence electrons. The Morgan fingerprint density at radius 3 is 2.75 bits per heavy atom. The van der Waals surface area contributed by atoms with Gasteiger partial charge in [-0.25, -0.2) is 0 Å². The first-order valence-electron chi connectivity index (χ1n) is 6.12. The van der Waals surface area contributed by atoms with E-state index in [-0.39, 0.29) is 0 Å². The van der Waals surface area contributed by atoms with Crippen molar-refractivity contribution in [2.24, 2.45) is 0 Å². The summed E-state index contributed by atoms with van der Waals surface area (Å²) in [4.78, 5) is 0. The number of hydrogen-bond acceptors (Lipinski definition) is 4. The van der Waals surface area contributed by atoms with Gasteiger partial charge < -0.3 is 15.8 Å². The molecule has 0 saturated carbocycles. The molecular weight excluding hydrogens is 274 g/mol. The third-order valence-corrected chi connectivity index (χ3v) is 3.03. The summed E-state index contributed by atoms with van der Waals surface area (Å²) in [5.41, 5.74) is 7.52. The lowest BCUT2D eigenvalue weighted by molar-refractivity contribution is 0.334. The Labute approximate surface area is 122 Å². The van der Waals surface area contributed by atoms with Crippen LogP contribution in [0.3, 0.4) is 0 Å². The fraction of sp³-hybridized carbons (Fsp3) is 0.133. The Morgan fingerprint density at radius 1 is 1.20 bits per heavy atom. The number of hydrogen-bond donors (Lipinski definition) is 2. The molecule has 0 aliphatic heterocycles. The maximum absolute atomic E-state index is 9.05. The van der Waals surface area contributed by atoms with Crippen molar-refractivity contribution in [3.05, 3.63) is 53.1 Å². The third-order valence-electron chi connectivity index (χ3n) is 2.72. The average Bonchev–Trinajstić information content (AvgIpc) is 2.45. The van der Waals surface area contributed by atoms with Gasteiger partial charge in [-0.1, -0.05) is 29.8 Å². The van der Waals surface area contributed by atoms with Gasteiger partial charge in [0, 0.05) is 6.54 Å². The van der Waals surface area contributed by atoms with Crippen LogP contribution < -0.4 is 15.8 Å². The molecule has 0 saturated heterocycles. The van der Waals surface area contributed by atoms with Crippen LogP contribution in [0.1, 0.15) is 5.56 Å². The van der Waals surface area contributed by atoms with E-state index in [0.29, 0.717) is 40.9 Å².